The van der Waals surface area contributed by atoms with Crippen molar-refractivity contribution >= 4 is 0 Å². The van der Waals surface area contributed by atoms with Gasteiger partial charge in [0, 0.05) is 24.7 Å². The summed E-state index contributed by atoms with van der Waals surface area (Å²) in [5.74, 6) is 3.23. The molecule has 3 saturated heterocycles. The standard InChI is InChI=1S/C21H39N3O/c1-20(2)17-8-9-21(25-20,12-18(17)22)16-5-3-4-14(11-16)10-15-6-7-19(23)24-13-15/h14-19,24H,3-13,22-23H2,1-2H3/p+2. The van der Waals surface area contributed by atoms with Gasteiger partial charge in [0.15, 0.2) is 0 Å². The van der Waals surface area contributed by atoms with Gasteiger partial charge in [-0.3, -0.25) is 5.73 Å². The molecule has 3 heterocycles. The molecule has 5 rings (SSSR count). The van der Waals surface area contributed by atoms with E-state index in [2.05, 4.69) is 24.9 Å². The fourth-order valence-electron chi connectivity index (χ4n) is 7.08. The molecule has 7 N–H and O–H groups in total. The first-order valence-corrected chi connectivity index (χ1v) is 11.0. The Morgan fingerprint density at radius 3 is 2.64 bits per heavy atom. The van der Waals surface area contributed by atoms with E-state index in [0.29, 0.717) is 18.1 Å². The van der Waals surface area contributed by atoms with Gasteiger partial charge in [0.1, 0.15) is 6.17 Å². The predicted octanol–water partition coefficient (Wildman–Crippen LogP) is 1.40. The van der Waals surface area contributed by atoms with Crippen LogP contribution in [0, 0.1) is 23.7 Å². The molecule has 0 spiro atoms. The number of fused-ring (bicyclic) bond motifs is 3. The summed E-state index contributed by atoms with van der Waals surface area (Å²) in [5, 5.41) is 2.37. The highest BCUT2D eigenvalue weighted by molar-refractivity contribution is 5.07. The minimum Gasteiger partial charge on any atom is -0.368 e. The number of ether oxygens (including phenoxy) is 1. The molecule has 7 unspecified atom stereocenters. The molecule has 0 amide bonds. The second-order valence-corrected chi connectivity index (χ2v) is 10.4. The van der Waals surface area contributed by atoms with Crippen LogP contribution in [0.3, 0.4) is 0 Å². The predicted molar refractivity (Wildman–Crippen MR) is 99.5 cm³/mol. The minimum atomic E-state index is 0.0321. The van der Waals surface area contributed by atoms with Crippen LogP contribution in [0.15, 0.2) is 0 Å². The summed E-state index contributed by atoms with van der Waals surface area (Å²) in [6, 6.07) is 0.590. The molecule has 7 atom stereocenters. The summed E-state index contributed by atoms with van der Waals surface area (Å²) in [5.41, 5.74) is 10.8. The van der Waals surface area contributed by atoms with Gasteiger partial charge in [0.05, 0.1) is 23.8 Å². The molecule has 144 valence electrons. The number of nitrogens with two attached hydrogens (primary N) is 2. The quantitative estimate of drug-likeness (QED) is 0.718. The Balaban J connectivity index is 1.40. The number of rotatable bonds is 3. The van der Waals surface area contributed by atoms with Gasteiger partial charge in [-0.2, -0.15) is 0 Å². The Hall–Kier alpha value is -0.160. The van der Waals surface area contributed by atoms with E-state index >= 15 is 0 Å². The van der Waals surface area contributed by atoms with Crippen molar-refractivity contribution in [2.45, 2.75) is 101 Å². The van der Waals surface area contributed by atoms with Crippen LogP contribution in [0.1, 0.15) is 78.1 Å². The van der Waals surface area contributed by atoms with E-state index in [1.165, 1.54) is 70.8 Å². The van der Waals surface area contributed by atoms with E-state index in [1.807, 2.05) is 0 Å². The lowest BCUT2D eigenvalue weighted by atomic mass is 9.58. The van der Waals surface area contributed by atoms with Crippen molar-refractivity contribution in [3.8, 4) is 0 Å². The number of hydrogen-bond donors (Lipinski definition) is 3. The molecule has 0 radical (unpaired) electrons. The van der Waals surface area contributed by atoms with Gasteiger partial charge in [-0.25, -0.2) is 0 Å². The molecule has 4 nitrogen and oxygen atoms in total. The van der Waals surface area contributed by atoms with Crippen molar-refractivity contribution < 1.29 is 15.8 Å². The molecular formula is C21H41N3O+2. The van der Waals surface area contributed by atoms with Crippen LogP contribution in [0.2, 0.25) is 0 Å². The minimum absolute atomic E-state index is 0.0321. The van der Waals surface area contributed by atoms with E-state index in [-0.39, 0.29) is 11.2 Å². The SMILES string of the molecule is CC1(C)OC2(C3CCCC(CC4CCC(N)[NH2+]C4)C3)CCC1C([NH3+])C2. The molecular weight excluding hydrogens is 310 g/mol. The largest absolute Gasteiger partial charge is 0.368 e. The lowest BCUT2D eigenvalue weighted by Crippen LogP contribution is -2.95. The summed E-state index contributed by atoms with van der Waals surface area (Å²) < 4.78 is 6.86. The molecule has 0 aromatic heterocycles. The third-order valence-electron chi connectivity index (χ3n) is 8.29. The molecule has 2 saturated carbocycles. The van der Waals surface area contributed by atoms with E-state index in [0.717, 1.165) is 17.8 Å². The Morgan fingerprint density at radius 2 is 1.96 bits per heavy atom. The zero-order chi connectivity index (χ0) is 17.7. The molecule has 2 aliphatic carbocycles. The van der Waals surface area contributed by atoms with Crippen LogP contribution in [0.5, 0.6) is 0 Å². The summed E-state index contributed by atoms with van der Waals surface area (Å²) in [6.45, 7) is 5.90. The zero-order valence-corrected chi connectivity index (χ0v) is 16.5. The summed E-state index contributed by atoms with van der Waals surface area (Å²) in [7, 11) is 0. The van der Waals surface area contributed by atoms with E-state index in [4.69, 9.17) is 10.5 Å². The highest BCUT2D eigenvalue weighted by Gasteiger charge is 2.59. The van der Waals surface area contributed by atoms with Crippen molar-refractivity contribution in [1.29, 1.82) is 0 Å². The first kappa shape index (κ1) is 18.2. The van der Waals surface area contributed by atoms with Crippen LogP contribution in [0.25, 0.3) is 0 Å². The normalized spacial score (nSPS) is 49.9. The fourth-order valence-corrected chi connectivity index (χ4v) is 7.08. The molecule has 3 aliphatic heterocycles. The van der Waals surface area contributed by atoms with Gasteiger partial charge < -0.3 is 15.8 Å². The molecule has 0 aromatic carbocycles. The molecule has 2 bridgehead atoms. The molecule has 25 heavy (non-hydrogen) atoms. The lowest BCUT2D eigenvalue weighted by molar-refractivity contribution is -0.703. The lowest BCUT2D eigenvalue weighted by Gasteiger charge is -2.60. The van der Waals surface area contributed by atoms with E-state index in [1.54, 1.807) is 0 Å². The van der Waals surface area contributed by atoms with Crippen molar-refractivity contribution in [1.82, 2.24) is 0 Å². The Labute approximate surface area is 153 Å². The fraction of sp³-hybridized carbons (Fsp3) is 1.00. The van der Waals surface area contributed by atoms with Crippen molar-refractivity contribution in [3.63, 3.8) is 0 Å². The average Bonchev–Trinajstić information content (AvgIpc) is 2.56. The van der Waals surface area contributed by atoms with Gasteiger partial charge in [-0.05, 0) is 64.2 Å². The van der Waals surface area contributed by atoms with E-state index in [9.17, 15) is 0 Å². The smallest absolute Gasteiger partial charge is 0.137 e. The average molecular weight is 352 g/mol. The number of quaternary nitrogens is 2. The third kappa shape index (κ3) is 3.52. The Morgan fingerprint density at radius 1 is 1.12 bits per heavy atom. The van der Waals surface area contributed by atoms with Gasteiger partial charge in [0.2, 0.25) is 0 Å². The zero-order valence-electron chi connectivity index (χ0n) is 16.5. The van der Waals surface area contributed by atoms with Crippen molar-refractivity contribution in [2.75, 3.05) is 6.54 Å². The highest BCUT2D eigenvalue weighted by Crippen LogP contribution is 2.55. The molecule has 5 aliphatic rings. The summed E-state index contributed by atoms with van der Waals surface area (Å²) in [6.07, 6.45) is 13.8. The van der Waals surface area contributed by atoms with Crippen molar-refractivity contribution in [3.05, 3.63) is 0 Å². The van der Waals surface area contributed by atoms with Crippen molar-refractivity contribution in [2.24, 2.45) is 29.4 Å². The monoisotopic (exact) mass is 351 g/mol. The summed E-state index contributed by atoms with van der Waals surface area (Å²) >= 11 is 0. The Bertz CT molecular complexity index is 474. The van der Waals surface area contributed by atoms with Crippen LogP contribution in [0.4, 0.5) is 0 Å². The molecule has 5 fully saturated rings. The number of hydrogen-bond acceptors (Lipinski definition) is 2. The maximum atomic E-state index is 6.86. The van der Waals surface area contributed by atoms with Gasteiger partial charge >= 0.3 is 0 Å². The maximum Gasteiger partial charge on any atom is 0.137 e. The van der Waals surface area contributed by atoms with Gasteiger partial charge in [-0.1, -0.05) is 12.8 Å². The van der Waals surface area contributed by atoms with Gasteiger partial charge in [0.25, 0.3) is 0 Å². The topological polar surface area (TPSA) is 79.5 Å². The molecule has 4 heteroatoms. The van der Waals surface area contributed by atoms with Gasteiger partial charge in [-0.15, -0.1) is 0 Å². The second kappa shape index (κ2) is 6.78. The number of piperidine rings is 1. The highest BCUT2D eigenvalue weighted by atomic mass is 16.5. The van der Waals surface area contributed by atoms with Crippen LogP contribution in [-0.2, 0) is 4.74 Å². The molecule has 0 aromatic rings. The first-order chi connectivity index (χ1) is 11.9. The van der Waals surface area contributed by atoms with Crippen LogP contribution >= 0.6 is 0 Å². The third-order valence-corrected chi connectivity index (χ3v) is 8.29. The maximum absolute atomic E-state index is 6.86. The van der Waals surface area contributed by atoms with Crippen LogP contribution in [-0.4, -0.2) is 30.0 Å². The Kier molecular flexibility index (Phi) is 4.94. The van der Waals surface area contributed by atoms with E-state index < -0.39 is 0 Å². The second-order valence-electron chi connectivity index (χ2n) is 10.4. The van der Waals surface area contributed by atoms with Crippen LogP contribution < -0.4 is 16.8 Å². The first-order valence-electron chi connectivity index (χ1n) is 11.0. The summed E-state index contributed by atoms with van der Waals surface area (Å²) in [4.78, 5) is 0.